The normalized spacial score (nSPS) is 16.9. The Morgan fingerprint density at radius 2 is 1.84 bits per heavy atom. The number of carbonyl (C=O) groups is 1. The lowest BCUT2D eigenvalue weighted by atomic mass is 9.97. The zero-order valence-electron chi connectivity index (χ0n) is 15.6. The number of amides is 1. The van der Waals surface area contributed by atoms with Gasteiger partial charge in [0, 0.05) is 13.6 Å². The van der Waals surface area contributed by atoms with Gasteiger partial charge in [0.15, 0.2) is 0 Å². The molecule has 1 heterocycles. The molecule has 0 spiro atoms. The largest absolute Gasteiger partial charge is 0.444 e. The smallest absolute Gasteiger partial charge is 0.408 e. The van der Waals surface area contributed by atoms with Crippen LogP contribution in [0.3, 0.4) is 0 Å². The lowest BCUT2D eigenvalue weighted by Crippen LogP contribution is -2.34. The molecular formula is C20H28N2O3. The summed E-state index contributed by atoms with van der Waals surface area (Å²) >= 11 is 0. The minimum Gasteiger partial charge on any atom is -0.444 e. The second kappa shape index (κ2) is 7.74. The highest BCUT2D eigenvalue weighted by Crippen LogP contribution is 2.26. The zero-order chi connectivity index (χ0) is 18.6. The van der Waals surface area contributed by atoms with Gasteiger partial charge >= 0.3 is 6.09 Å². The quantitative estimate of drug-likeness (QED) is 0.874. The molecule has 0 saturated heterocycles. The molecule has 0 fully saturated rings. The third-order valence-electron chi connectivity index (χ3n) is 3.94. The molecule has 5 nitrogen and oxygen atoms in total. The molecule has 1 aliphatic heterocycles. The predicted molar refractivity (Wildman–Crippen MR) is 99.0 cm³/mol. The van der Waals surface area contributed by atoms with E-state index in [0.717, 1.165) is 23.2 Å². The zero-order valence-corrected chi connectivity index (χ0v) is 15.6. The van der Waals surface area contributed by atoms with E-state index in [4.69, 9.17) is 4.74 Å². The van der Waals surface area contributed by atoms with Crippen molar-refractivity contribution in [3.63, 3.8) is 0 Å². The fraction of sp³-hybridized carbons (Fsp3) is 0.450. The van der Waals surface area contributed by atoms with Crippen molar-refractivity contribution in [1.29, 1.82) is 0 Å². The molecule has 1 aliphatic rings. The molecular weight excluding hydrogens is 316 g/mol. The Morgan fingerprint density at radius 3 is 2.36 bits per heavy atom. The first-order chi connectivity index (χ1) is 11.7. The van der Waals surface area contributed by atoms with Gasteiger partial charge in [-0.1, -0.05) is 30.3 Å². The number of carbonyl (C=O) groups excluding carboxylic acids is 1. The van der Waals surface area contributed by atoms with E-state index >= 15 is 0 Å². The van der Waals surface area contributed by atoms with Crippen molar-refractivity contribution >= 4 is 6.09 Å². The first-order valence-electron chi connectivity index (χ1n) is 8.51. The monoisotopic (exact) mass is 344 g/mol. The number of ether oxygens (including phenoxy) is 1. The summed E-state index contributed by atoms with van der Waals surface area (Å²) in [6, 6.07) is 7.43. The summed E-state index contributed by atoms with van der Waals surface area (Å²) in [5.74, 6) is 0. The first-order valence-corrected chi connectivity index (χ1v) is 8.51. The SMILES string of the molecule is C[C@H](NC(=O)OC(C)(C)C)c1ccc(C(O)C2=CCN(C)C=C2)cc1. The average molecular weight is 344 g/mol. The van der Waals surface area contributed by atoms with Crippen molar-refractivity contribution in [1.82, 2.24) is 10.2 Å². The van der Waals surface area contributed by atoms with Crippen LogP contribution in [-0.4, -0.2) is 35.3 Å². The fourth-order valence-electron chi connectivity index (χ4n) is 2.52. The van der Waals surface area contributed by atoms with Gasteiger partial charge in [0.25, 0.3) is 0 Å². The molecule has 1 unspecified atom stereocenters. The Balaban J connectivity index is 1.99. The standard InChI is InChI=1S/C20H28N2O3/c1-14(21-19(24)25-20(2,3)4)15-6-8-16(9-7-15)18(23)17-10-12-22(5)13-11-17/h6-12,14,18,23H,13H2,1-5H3,(H,21,24)/t14-,18?/m0/s1. The summed E-state index contributed by atoms with van der Waals surface area (Å²) in [7, 11) is 1.99. The molecule has 5 heteroatoms. The number of aliphatic hydroxyl groups excluding tert-OH is 1. The minimum atomic E-state index is -0.645. The van der Waals surface area contributed by atoms with Crippen LogP contribution in [0, 0.1) is 0 Å². The molecule has 1 aromatic rings. The molecule has 2 N–H and O–H groups in total. The molecule has 0 aromatic heterocycles. The van der Waals surface area contributed by atoms with Gasteiger partial charge in [0.05, 0.1) is 6.04 Å². The second-order valence-corrected chi connectivity index (χ2v) is 7.40. The van der Waals surface area contributed by atoms with Crippen LogP contribution in [0.15, 0.2) is 48.2 Å². The van der Waals surface area contributed by atoms with Gasteiger partial charge in [-0.3, -0.25) is 0 Å². The number of hydrogen-bond donors (Lipinski definition) is 2. The van der Waals surface area contributed by atoms with E-state index in [-0.39, 0.29) is 6.04 Å². The number of alkyl carbamates (subject to hydrolysis) is 1. The van der Waals surface area contributed by atoms with E-state index in [0.29, 0.717) is 0 Å². The number of aliphatic hydroxyl groups is 1. The minimum absolute atomic E-state index is 0.177. The Labute approximate surface area is 150 Å². The second-order valence-electron chi connectivity index (χ2n) is 7.40. The van der Waals surface area contributed by atoms with Gasteiger partial charge in [0.1, 0.15) is 11.7 Å². The first kappa shape index (κ1) is 19.1. The summed E-state index contributed by atoms with van der Waals surface area (Å²) in [6.45, 7) is 8.19. The van der Waals surface area contributed by atoms with Crippen molar-refractivity contribution in [3.8, 4) is 0 Å². The van der Waals surface area contributed by atoms with Crippen LogP contribution in [0.25, 0.3) is 0 Å². The number of nitrogens with one attached hydrogen (secondary N) is 1. The van der Waals surface area contributed by atoms with Crippen molar-refractivity contribution < 1.29 is 14.6 Å². The van der Waals surface area contributed by atoms with Gasteiger partial charge in [0.2, 0.25) is 0 Å². The molecule has 0 bridgehead atoms. The van der Waals surface area contributed by atoms with Crippen molar-refractivity contribution in [3.05, 3.63) is 59.3 Å². The Bertz CT molecular complexity index is 657. The van der Waals surface area contributed by atoms with Gasteiger partial charge in [-0.2, -0.15) is 0 Å². The summed E-state index contributed by atoms with van der Waals surface area (Å²) in [4.78, 5) is 13.9. The van der Waals surface area contributed by atoms with Crippen molar-refractivity contribution in [2.75, 3.05) is 13.6 Å². The van der Waals surface area contributed by atoms with Crippen LogP contribution < -0.4 is 5.32 Å². The molecule has 25 heavy (non-hydrogen) atoms. The van der Waals surface area contributed by atoms with E-state index in [2.05, 4.69) is 5.32 Å². The van der Waals surface area contributed by atoms with E-state index in [1.54, 1.807) is 0 Å². The van der Waals surface area contributed by atoms with Crippen LogP contribution >= 0.6 is 0 Å². The van der Waals surface area contributed by atoms with E-state index in [1.165, 1.54) is 0 Å². The van der Waals surface area contributed by atoms with Crippen molar-refractivity contribution in [2.45, 2.75) is 45.4 Å². The lowest BCUT2D eigenvalue weighted by molar-refractivity contribution is 0.0508. The highest BCUT2D eigenvalue weighted by molar-refractivity contribution is 5.68. The summed E-state index contributed by atoms with van der Waals surface area (Å²) in [5, 5.41) is 13.3. The maximum Gasteiger partial charge on any atom is 0.408 e. The Morgan fingerprint density at radius 1 is 1.24 bits per heavy atom. The average Bonchev–Trinajstić information content (AvgIpc) is 2.53. The number of likely N-dealkylation sites (N-methyl/N-ethyl adjacent to an activating group) is 1. The van der Waals surface area contributed by atoms with E-state index < -0.39 is 17.8 Å². The van der Waals surface area contributed by atoms with E-state index in [1.807, 2.05) is 82.3 Å². The maximum atomic E-state index is 11.9. The number of hydrogen-bond acceptors (Lipinski definition) is 4. The summed E-state index contributed by atoms with van der Waals surface area (Å²) < 4.78 is 5.27. The van der Waals surface area contributed by atoms with Gasteiger partial charge in [-0.25, -0.2) is 4.79 Å². The molecule has 1 amide bonds. The third-order valence-corrected chi connectivity index (χ3v) is 3.94. The van der Waals surface area contributed by atoms with Crippen LogP contribution in [0.1, 0.15) is 51.0 Å². The third kappa shape index (κ3) is 5.64. The van der Waals surface area contributed by atoms with Crippen LogP contribution in [0.4, 0.5) is 4.79 Å². The molecule has 136 valence electrons. The molecule has 2 rings (SSSR count). The predicted octanol–water partition coefficient (Wildman–Crippen LogP) is 3.69. The molecule has 0 saturated carbocycles. The van der Waals surface area contributed by atoms with Gasteiger partial charge < -0.3 is 20.1 Å². The maximum absolute atomic E-state index is 11.9. The van der Waals surface area contributed by atoms with Gasteiger partial charge in [-0.05, 0) is 56.7 Å². The molecule has 0 radical (unpaired) electrons. The molecule has 0 aliphatic carbocycles. The topological polar surface area (TPSA) is 61.8 Å². The summed E-state index contributed by atoms with van der Waals surface area (Å²) in [6.07, 6.45) is 4.82. The highest BCUT2D eigenvalue weighted by Gasteiger charge is 2.19. The Hall–Kier alpha value is -2.27. The number of nitrogens with zero attached hydrogens (tertiary/aromatic N) is 1. The lowest BCUT2D eigenvalue weighted by Gasteiger charge is -2.23. The van der Waals surface area contributed by atoms with Crippen molar-refractivity contribution in [2.24, 2.45) is 0 Å². The van der Waals surface area contributed by atoms with Crippen LogP contribution in [0.5, 0.6) is 0 Å². The van der Waals surface area contributed by atoms with Crippen LogP contribution in [0.2, 0.25) is 0 Å². The highest BCUT2D eigenvalue weighted by atomic mass is 16.6. The fourth-order valence-corrected chi connectivity index (χ4v) is 2.52. The molecule has 2 atom stereocenters. The Kier molecular flexibility index (Phi) is 5.90. The number of benzene rings is 1. The van der Waals surface area contributed by atoms with Crippen LogP contribution in [-0.2, 0) is 4.74 Å². The summed E-state index contributed by atoms with van der Waals surface area (Å²) in [5.41, 5.74) is 2.15. The van der Waals surface area contributed by atoms with E-state index in [9.17, 15) is 9.90 Å². The van der Waals surface area contributed by atoms with Gasteiger partial charge in [-0.15, -0.1) is 0 Å². The number of rotatable bonds is 4. The molecule has 1 aromatic carbocycles.